The van der Waals surface area contributed by atoms with Crippen LogP contribution in [0.1, 0.15) is 15.9 Å². The third-order valence-corrected chi connectivity index (χ3v) is 5.36. The number of hydrogen-bond acceptors (Lipinski definition) is 5. The predicted molar refractivity (Wildman–Crippen MR) is 99.8 cm³/mol. The number of halogens is 2. The quantitative estimate of drug-likeness (QED) is 0.453. The molecule has 0 bridgehead atoms. The molecule has 1 heterocycles. The fourth-order valence-electron chi connectivity index (χ4n) is 2.97. The molecule has 0 saturated carbocycles. The molecule has 2 aromatic rings. The number of fused-ring (bicyclic) bond motifs is 1. The van der Waals surface area contributed by atoms with E-state index in [1.54, 1.807) is 18.2 Å². The molecule has 0 saturated heterocycles. The Morgan fingerprint density at radius 2 is 1.86 bits per heavy atom. The Bertz CT molecular complexity index is 919. The van der Waals surface area contributed by atoms with Gasteiger partial charge in [-0.05, 0) is 30.0 Å². The third kappa shape index (κ3) is 3.41. The van der Waals surface area contributed by atoms with E-state index >= 15 is 8.78 Å². The number of rotatable bonds is 6. The molecule has 28 heavy (non-hydrogen) atoms. The normalized spacial score (nSPS) is 19.1. The molecular weight excluding hydrogens is 388 g/mol. The van der Waals surface area contributed by atoms with E-state index in [9.17, 15) is 14.7 Å². The summed E-state index contributed by atoms with van der Waals surface area (Å²) in [6.45, 7) is -0.399. The Morgan fingerprint density at radius 1 is 1.21 bits per heavy atom. The number of hydrogen-bond donors (Lipinski definition) is 1. The van der Waals surface area contributed by atoms with E-state index in [1.165, 1.54) is 49.6 Å². The number of nitrogens with zero attached hydrogens (tertiary/aromatic N) is 1. The zero-order chi connectivity index (χ0) is 20.4. The summed E-state index contributed by atoms with van der Waals surface area (Å²) in [7, 11) is 1.17. The van der Waals surface area contributed by atoms with Crippen molar-refractivity contribution in [3.8, 4) is 0 Å². The zero-order valence-corrected chi connectivity index (χ0v) is 15.7. The molecule has 1 atom stereocenters. The second kappa shape index (κ2) is 7.73. The highest BCUT2D eigenvalue weighted by atomic mass is 32.2. The van der Waals surface area contributed by atoms with Crippen molar-refractivity contribution in [3.05, 3.63) is 77.9 Å². The van der Waals surface area contributed by atoms with Crippen molar-refractivity contribution in [2.75, 3.05) is 13.7 Å². The van der Waals surface area contributed by atoms with Gasteiger partial charge in [-0.2, -0.15) is 8.78 Å². The van der Waals surface area contributed by atoms with Crippen LogP contribution >= 0.6 is 11.8 Å². The number of amides is 1. The predicted octanol–water partition coefficient (Wildman–Crippen LogP) is 3.40. The van der Waals surface area contributed by atoms with Crippen LogP contribution in [0.3, 0.4) is 0 Å². The molecular formula is C20H17F2NO4S. The number of alkyl halides is 2. The fourth-order valence-corrected chi connectivity index (χ4v) is 3.92. The van der Waals surface area contributed by atoms with Gasteiger partial charge in [-0.3, -0.25) is 9.69 Å². The van der Waals surface area contributed by atoms with Gasteiger partial charge in [0, 0.05) is 28.6 Å². The second-order valence-electron chi connectivity index (χ2n) is 5.99. The Balaban J connectivity index is 2.02. The molecule has 0 fully saturated rings. The van der Waals surface area contributed by atoms with Crippen molar-refractivity contribution in [1.29, 1.82) is 0 Å². The van der Waals surface area contributed by atoms with Gasteiger partial charge in [-0.15, -0.1) is 0 Å². The highest BCUT2D eigenvalue weighted by Gasteiger charge is 2.64. The monoisotopic (exact) mass is 405 g/mol. The molecule has 1 amide bonds. The second-order valence-corrected chi connectivity index (χ2v) is 7.18. The van der Waals surface area contributed by atoms with Crippen LogP contribution < -0.4 is 0 Å². The summed E-state index contributed by atoms with van der Waals surface area (Å²) in [4.78, 5) is 24.9. The van der Waals surface area contributed by atoms with Crippen LogP contribution in [0.5, 0.6) is 0 Å². The number of aliphatic hydroxyl groups is 1. The number of esters is 1. The van der Waals surface area contributed by atoms with Crippen LogP contribution in [0.2, 0.25) is 0 Å². The van der Waals surface area contributed by atoms with Gasteiger partial charge in [0.25, 0.3) is 5.91 Å². The number of carbonyl (C=O) groups is 2. The SMILES string of the molecule is COC(=O)/C=C/CN1C(=O)c2ccccc2C1(O)C(F)(F)Sc1ccccc1. The van der Waals surface area contributed by atoms with E-state index in [0.717, 1.165) is 6.08 Å². The molecule has 3 rings (SSSR count). The van der Waals surface area contributed by atoms with Crippen LogP contribution in [0.4, 0.5) is 8.78 Å². The lowest BCUT2D eigenvalue weighted by molar-refractivity contribution is -0.195. The van der Waals surface area contributed by atoms with E-state index in [-0.39, 0.29) is 27.8 Å². The van der Waals surface area contributed by atoms with Crippen molar-refractivity contribution in [1.82, 2.24) is 4.90 Å². The molecule has 0 aliphatic carbocycles. The molecule has 1 N–H and O–H groups in total. The molecule has 1 unspecified atom stereocenters. The van der Waals surface area contributed by atoms with Gasteiger partial charge in [0.05, 0.1) is 7.11 Å². The number of methoxy groups -OCH3 is 1. The van der Waals surface area contributed by atoms with Gasteiger partial charge >= 0.3 is 11.2 Å². The van der Waals surface area contributed by atoms with E-state index in [0.29, 0.717) is 4.90 Å². The fraction of sp³-hybridized carbons (Fsp3) is 0.200. The van der Waals surface area contributed by atoms with Crippen molar-refractivity contribution >= 4 is 23.6 Å². The molecule has 0 radical (unpaired) electrons. The summed E-state index contributed by atoms with van der Waals surface area (Å²) >= 11 is 0.163. The van der Waals surface area contributed by atoms with Gasteiger partial charge in [-0.25, -0.2) is 4.79 Å². The molecule has 1 aliphatic heterocycles. The summed E-state index contributed by atoms with van der Waals surface area (Å²) < 4.78 is 35.2. The summed E-state index contributed by atoms with van der Waals surface area (Å²) in [5.41, 5.74) is -3.08. The standard InChI is InChI=1S/C20H17F2NO4S/c1-27-17(24)12-7-13-23-18(25)15-10-5-6-11-16(15)19(23,26)20(21,22)28-14-8-3-2-4-9-14/h2-12,26H,13H2,1H3/b12-7+. The van der Waals surface area contributed by atoms with E-state index in [2.05, 4.69) is 4.74 Å². The smallest absolute Gasteiger partial charge is 0.349 e. The van der Waals surface area contributed by atoms with Crippen molar-refractivity contribution in [3.63, 3.8) is 0 Å². The first-order valence-electron chi connectivity index (χ1n) is 8.31. The summed E-state index contributed by atoms with van der Waals surface area (Å²) in [5, 5.41) is 7.40. The lowest BCUT2D eigenvalue weighted by Crippen LogP contribution is -2.54. The van der Waals surface area contributed by atoms with Crippen molar-refractivity contribution in [2.24, 2.45) is 0 Å². The molecule has 8 heteroatoms. The number of carbonyl (C=O) groups excluding carboxylic acids is 2. The molecule has 2 aromatic carbocycles. The van der Waals surface area contributed by atoms with Crippen LogP contribution in [0, 0.1) is 0 Å². The summed E-state index contributed by atoms with van der Waals surface area (Å²) in [6.07, 6.45) is 2.21. The van der Waals surface area contributed by atoms with Crippen molar-refractivity contribution < 1.29 is 28.2 Å². The van der Waals surface area contributed by atoms with Gasteiger partial charge < -0.3 is 9.84 Å². The Kier molecular flexibility index (Phi) is 5.53. The summed E-state index contributed by atoms with van der Waals surface area (Å²) in [5.74, 6) is -1.45. The lowest BCUT2D eigenvalue weighted by Gasteiger charge is -2.39. The number of ether oxygens (including phenoxy) is 1. The largest absolute Gasteiger partial charge is 0.466 e. The first-order chi connectivity index (χ1) is 13.3. The average molecular weight is 405 g/mol. The molecule has 0 aromatic heterocycles. The molecule has 0 spiro atoms. The minimum absolute atomic E-state index is 0.00944. The maximum atomic E-state index is 15.4. The van der Waals surface area contributed by atoms with Crippen LogP contribution in [-0.4, -0.2) is 40.8 Å². The van der Waals surface area contributed by atoms with Gasteiger partial charge in [0.1, 0.15) is 0 Å². The van der Waals surface area contributed by atoms with Crippen LogP contribution in [0.25, 0.3) is 0 Å². The highest BCUT2D eigenvalue weighted by molar-refractivity contribution is 8.00. The highest BCUT2D eigenvalue weighted by Crippen LogP contribution is 2.54. The molecule has 5 nitrogen and oxygen atoms in total. The first-order valence-corrected chi connectivity index (χ1v) is 9.13. The third-order valence-electron chi connectivity index (χ3n) is 4.31. The minimum Gasteiger partial charge on any atom is -0.466 e. The van der Waals surface area contributed by atoms with E-state index in [4.69, 9.17) is 0 Å². The Labute approximate surface area is 164 Å². The van der Waals surface area contributed by atoms with Crippen LogP contribution in [-0.2, 0) is 15.3 Å². The maximum Gasteiger partial charge on any atom is 0.349 e. The van der Waals surface area contributed by atoms with Gasteiger partial charge in [0.2, 0.25) is 5.72 Å². The average Bonchev–Trinajstić information content (AvgIpc) is 2.91. The van der Waals surface area contributed by atoms with Gasteiger partial charge in [-0.1, -0.05) is 42.5 Å². The Morgan fingerprint density at radius 3 is 2.54 bits per heavy atom. The van der Waals surface area contributed by atoms with Gasteiger partial charge in [0.15, 0.2) is 0 Å². The Hall–Kier alpha value is -2.71. The maximum absolute atomic E-state index is 15.4. The zero-order valence-electron chi connectivity index (χ0n) is 14.8. The lowest BCUT2D eigenvalue weighted by atomic mass is 10.0. The molecule has 146 valence electrons. The minimum atomic E-state index is -3.77. The summed E-state index contributed by atoms with van der Waals surface area (Å²) in [6, 6.07) is 13.6. The van der Waals surface area contributed by atoms with Crippen LogP contribution in [0.15, 0.2) is 71.6 Å². The van der Waals surface area contributed by atoms with E-state index in [1.807, 2.05) is 0 Å². The number of benzene rings is 2. The first kappa shape index (κ1) is 20.0. The van der Waals surface area contributed by atoms with E-state index < -0.39 is 29.4 Å². The molecule has 1 aliphatic rings. The number of thioether (sulfide) groups is 1. The van der Waals surface area contributed by atoms with Crippen molar-refractivity contribution in [2.45, 2.75) is 15.9 Å². The topological polar surface area (TPSA) is 66.8 Å².